The Morgan fingerprint density at radius 2 is 2.25 bits per heavy atom. The summed E-state index contributed by atoms with van der Waals surface area (Å²) < 4.78 is 5.68. The van der Waals surface area contributed by atoms with Gasteiger partial charge in [-0.3, -0.25) is 0 Å². The largest absolute Gasteiger partial charge is 0.491 e. The molecule has 86 valence electrons. The van der Waals surface area contributed by atoms with E-state index in [0.717, 1.165) is 44.0 Å². The molecule has 1 aromatic carbocycles. The lowest BCUT2D eigenvalue weighted by Crippen LogP contribution is -2.28. The molecule has 0 radical (unpaired) electrons. The molecule has 0 spiro atoms. The number of thiocarbonyl (C=S) groups is 1. The van der Waals surface area contributed by atoms with Crippen LogP contribution in [0.4, 0.5) is 5.69 Å². The Morgan fingerprint density at radius 3 is 3.06 bits per heavy atom. The Kier molecular flexibility index (Phi) is 3.62. The van der Waals surface area contributed by atoms with Gasteiger partial charge in [-0.05, 0) is 18.6 Å². The molecule has 0 unspecified atom stereocenters. The summed E-state index contributed by atoms with van der Waals surface area (Å²) in [5.41, 5.74) is 6.69. The molecule has 0 atom stereocenters. The van der Waals surface area contributed by atoms with Gasteiger partial charge >= 0.3 is 0 Å². The van der Waals surface area contributed by atoms with E-state index in [1.807, 2.05) is 18.2 Å². The average molecular weight is 236 g/mol. The van der Waals surface area contributed by atoms with Crippen LogP contribution in [-0.2, 0) is 0 Å². The van der Waals surface area contributed by atoms with Crippen molar-refractivity contribution in [2.75, 3.05) is 24.6 Å². The molecule has 16 heavy (non-hydrogen) atoms. The predicted molar refractivity (Wildman–Crippen MR) is 70.2 cm³/mol. The van der Waals surface area contributed by atoms with E-state index >= 15 is 0 Å². The highest BCUT2D eigenvalue weighted by Crippen LogP contribution is 2.30. The summed E-state index contributed by atoms with van der Waals surface area (Å²) in [4.78, 5) is 2.87. The third kappa shape index (κ3) is 2.64. The van der Waals surface area contributed by atoms with Gasteiger partial charge in [0.25, 0.3) is 0 Å². The highest BCUT2D eigenvalue weighted by Gasteiger charge is 2.15. The third-order valence-electron chi connectivity index (χ3n) is 2.66. The van der Waals surface area contributed by atoms with E-state index < -0.39 is 0 Å². The maximum absolute atomic E-state index is 5.68. The van der Waals surface area contributed by atoms with Gasteiger partial charge in [-0.1, -0.05) is 24.4 Å². The zero-order chi connectivity index (χ0) is 11.4. The second-order valence-electron chi connectivity index (χ2n) is 3.87. The van der Waals surface area contributed by atoms with Gasteiger partial charge < -0.3 is 15.4 Å². The summed E-state index contributed by atoms with van der Waals surface area (Å²) in [6.07, 6.45) is 1.79. The van der Waals surface area contributed by atoms with Crippen molar-refractivity contribution in [1.29, 1.82) is 0 Å². The van der Waals surface area contributed by atoms with Crippen LogP contribution >= 0.6 is 12.2 Å². The van der Waals surface area contributed by atoms with E-state index in [2.05, 4.69) is 11.0 Å². The van der Waals surface area contributed by atoms with E-state index in [0.29, 0.717) is 4.99 Å². The SMILES string of the molecule is NC(=S)CCN1CCCOc2ccccc21. The first-order valence-electron chi connectivity index (χ1n) is 5.52. The lowest BCUT2D eigenvalue weighted by atomic mass is 10.2. The maximum atomic E-state index is 5.68. The van der Waals surface area contributed by atoms with Crippen LogP contribution in [0.1, 0.15) is 12.8 Å². The molecule has 3 nitrogen and oxygen atoms in total. The van der Waals surface area contributed by atoms with Gasteiger partial charge in [0.1, 0.15) is 5.75 Å². The molecule has 0 aromatic heterocycles. The molecule has 0 bridgehead atoms. The minimum atomic E-state index is 0.572. The van der Waals surface area contributed by atoms with Crippen LogP contribution in [0.3, 0.4) is 0 Å². The fourth-order valence-corrected chi connectivity index (χ4v) is 1.97. The summed E-state index contributed by atoms with van der Waals surface area (Å²) >= 11 is 4.92. The molecule has 1 heterocycles. The zero-order valence-corrected chi connectivity index (χ0v) is 10.0. The van der Waals surface area contributed by atoms with E-state index in [9.17, 15) is 0 Å². The Balaban J connectivity index is 2.15. The van der Waals surface area contributed by atoms with Crippen molar-refractivity contribution >= 4 is 22.9 Å². The lowest BCUT2D eigenvalue weighted by Gasteiger charge is -2.23. The first-order valence-corrected chi connectivity index (χ1v) is 5.93. The molecular weight excluding hydrogens is 220 g/mol. The van der Waals surface area contributed by atoms with E-state index in [4.69, 9.17) is 22.7 Å². The Bertz CT molecular complexity index is 381. The Labute approximate surface area is 101 Å². The van der Waals surface area contributed by atoms with Gasteiger partial charge in [0.15, 0.2) is 0 Å². The lowest BCUT2D eigenvalue weighted by molar-refractivity contribution is 0.322. The molecule has 1 aliphatic heterocycles. The summed E-state index contributed by atoms with van der Waals surface area (Å²) in [6.45, 7) is 2.65. The zero-order valence-electron chi connectivity index (χ0n) is 9.19. The Morgan fingerprint density at radius 1 is 1.44 bits per heavy atom. The maximum Gasteiger partial charge on any atom is 0.142 e. The van der Waals surface area contributed by atoms with Crippen LogP contribution in [0.25, 0.3) is 0 Å². The normalized spacial score (nSPS) is 14.9. The number of para-hydroxylation sites is 2. The molecule has 2 N–H and O–H groups in total. The number of nitrogens with zero attached hydrogens (tertiary/aromatic N) is 1. The van der Waals surface area contributed by atoms with Crippen molar-refractivity contribution < 1.29 is 4.74 Å². The standard InChI is InChI=1S/C12H16N2OS/c13-12(16)6-8-14-7-3-9-15-11-5-2-1-4-10(11)14/h1-2,4-5H,3,6-9H2,(H2,13,16). The number of hydrogen-bond acceptors (Lipinski definition) is 3. The number of ether oxygens (including phenoxy) is 1. The fraction of sp³-hybridized carbons (Fsp3) is 0.417. The highest BCUT2D eigenvalue weighted by atomic mass is 32.1. The van der Waals surface area contributed by atoms with Gasteiger partial charge in [0.2, 0.25) is 0 Å². The third-order valence-corrected chi connectivity index (χ3v) is 2.87. The minimum absolute atomic E-state index is 0.572. The van der Waals surface area contributed by atoms with Crippen molar-refractivity contribution in [3.05, 3.63) is 24.3 Å². The van der Waals surface area contributed by atoms with Crippen molar-refractivity contribution in [2.45, 2.75) is 12.8 Å². The number of fused-ring (bicyclic) bond motifs is 1. The van der Waals surface area contributed by atoms with Gasteiger partial charge in [-0.2, -0.15) is 0 Å². The Hall–Kier alpha value is -1.29. The number of anilines is 1. The number of benzene rings is 1. The molecule has 0 saturated carbocycles. The molecule has 0 fully saturated rings. The molecule has 0 saturated heterocycles. The summed E-state index contributed by atoms with van der Waals surface area (Å²) in [5.74, 6) is 0.961. The first-order chi connectivity index (χ1) is 7.77. The van der Waals surface area contributed by atoms with Crippen LogP contribution in [0, 0.1) is 0 Å². The summed E-state index contributed by atoms with van der Waals surface area (Å²) in [6, 6.07) is 8.12. The number of hydrogen-bond donors (Lipinski definition) is 1. The molecular formula is C12H16N2OS. The van der Waals surface area contributed by atoms with Crippen LogP contribution in [-0.4, -0.2) is 24.7 Å². The van der Waals surface area contributed by atoms with Gasteiger partial charge in [0, 0.05) is 19.5 Å². The first kappa shape index (κ1) is 11.2. The van der Waals surface area contributed by atoms with E-state index in [1.54, 1.807) is 0 Å². The van der Waals surface area contributed by atoms with Crippen LogP contribution < -0.4 is 15.4 Å². The van der Waals surface area contributed by atoms with E-state index in [1.165, 1.54) is 0 Å². The van der Waals surface area contributed by atoms with Crippen LogP contribution in [0.15, 0.2) is 24.3 Å². The van der Waals surface area contributed by atoms with Crippen LogP contribution in [0.2, 0.25) is 0 Å². The molecule has 1 aliphatic rings. The monoisotopic (exact) mass is 236 g/mol. The number of rotatable bonds is 3. The summed E-state index contributed by atoms with van der Waals surface area (Å²) in [5, 5.41) is 0. The minimum Gasteiger partial charge on any atom is -0.491 e. The van der Waals surface area contributed by atoms with Crippen molar-refractivity contribution in [2.24, 2.45) is 5.73 Å². The smallest absolute Gasteiger partial charge is 0.142 e. The second kappa shape index (κ2) is 5.16. The topological polar surface area (TPSA) is 38.5 Å². The number of nitrogens with two attached hydrogens (primary N) is 1. The molecule has 4 heteroatoms. The predicted octanol–water partition coefficient (Wildman–Crippen LogP) is 1.95. The van der Waals surface area contributed by atoms with Crippen molar-refractivity contribution in [3.8, 4) is 5.75 Å². The van der Waals surface area contributed by atoms with Gasteiger partial charge in [0.05, 0.1) is 17.3 Å². The highest BCUT2D eigenvalue weighted by molar-refractivity contribution is 7.80. The van der Waals surface area contributed by atoms with E-state index in [-0.39, 0.29) is 0 Å². The molecule has 1 aromatic rings. The van der Waals surface area contributed by atoms with Crippen molar-refractivity contribution in [3.63, 3.8) is 0 Å². The quantitative estimate of drug-likeness (QED) is 0.814. The van der Waals surface area contributed by atoms with Gasteiger partial charge in [-0.15, -0.1) is 0 Å². The fourth-order valence-electron chi connectivity index (χ4n) is 1.88. The van der Waals surface area contributed by atoms with Crippen LogP contribution in [0.5, 0.6) is 5.75 Å². The average Bonchev–Trinajstić information content (AvgIpc) is 2.48. The molecule has 0 amide bonds. The summed E-state index contributed by atoms with van der Waals surface area (Å²) in [7, 11) is 0. The second-order valence-corrected chi connectivity index (χ2v) is 4.40. The molecule has 2 rings (SSSR count). The van der Waals surface area contributed by atoms with Gasteiger partial charge in [-0.25, -0.2) is 0 Å². The van der Waals surface area contributed by atoms with Crippen molar-refractivity contribution in [1.82, 2.24) is 0 Å². The molecule has 0 aliphatic carbocycles.